The van der Waals surface area contributed by atoms with E-state index in [-0.39, 0.29) is 0 Å². The van der Waals surface area contributed by atoms with Gasteiger partial charge >= 0.3 is 0 Å². The van der Waals surface area contributed by atoms with Crippen molar-refractivity contribution in [3.63, 3.8) is 0 Å². The zero-order chi connectivity index (χ0) is 36.8. The molecule has 2 heteroatoms. The first kappa shape index (κ1) is 33.7. The van der Waals surface area contributed by atoms with Crippen LogP contribution in [-0.4, -0.2) is 10.7 Å². The number of hydrogen-bond donors (Lipinski definition) is 0. The molecule has 2 nitrogen and oxygen atoms in total. The second-order valence-corrected chi connectivity index (χ2v) is 13.8. The van der Waals surface area contributed by atoms with E-state index >= 15 is 0 Å². The lowest BCUT2D eigenvalue weighted by Crippen LogP contribution is -1.97. The van der Waals surface area contributed by atoms with Crippen molar-refractivity contribution in [1.29, 1.82) is 0 Å². The standard InChI is InChI=1S/C53H38N2/c1-5-18-38(19-6-1)44-33-45(36-54-52(34-44)40-22-9-3-10-23-40)48-30-14-13-28-46(48)42-26-17-27-43(32-42)47-29-15-16-31-49(47)51-37-55-53(41-24-11-4-12-25-41)35-50(51)39-20-7-2-8-21-39/h1-32,34-37H,33H2. The Morgan fingerprint density at radius 3 is 1.45 bits per heavy atom. The first-order valence-corrected chi connectivity index (χ1v) is 18.8. The highest BCUT2D eigenvalue weighted by Crippen LogP contribution is 2.41. The maximum atomic E-state index is 5.10. The van der Waals surface area contributed by atoms with Crippen molar-refractivity contribution in [2.24, 2.45) is 4.99 Å². The van der Waals surface area contributed by atoms with Gasteiger partial charge in [0.05, 0.1) is 11.4 Å². The molecule has 0 aliphatic carbocycles. The summed E-state index contributed by atoms with van der Waals surface area (Å²) in [5.41, 5.74) is 18.1. The third-order valence-electron chi connectivity index (χ3n) is 10.3. The highest BCUT2D eigenvalue weighted by molar-refractivity contribution is 6.14. The Morgan fingerprint density at radius 2 is 0.818 bits per heavy atom. The molecule has 0 spiro atoms. The Morgan fingerprint density at radius 1 is 0.327 bits per heavy atom. The van der Waals surface area contributed by atoms with Gasteiger partial charge in [0, 0.05) is 35.5 Å². The smallest absolute Gasteiger partial charge is 0.0708 e. The Kier molecular flexibility index (Phi) is 9.45. The molecule has 1 aliphatic heterocycles. The van der Waals surface area contributed by atoms with Crippen LogP contribution in [-0.2, 0) is 0 Å². The summed E-state index contributed by atoms with van der Waals surface area (Å²) in [6, 6.07) is 70.8. The molecule has 0 unspecified atom stereocenters. The highest BCUT2D eigenvalue weighted by Gasteiger charge is 2.18. The molecule has 55 heavy (non-hydrogen) atoms. The topological polar surface area (TPSA) is 25.2 Å². The predicted octanol–water partition coefficient (Wildman–Crippen LogP) is 13.7. The molecule has 0 N–H and O–H groups in total. The van der Waals surface area contributed by atoms with Crippen molar-refractivity contribution in [2.75, 3.05) is 0 Å². The van der Waals surface area contributed by atoms with Crippen molar-refractivity contribution in [1.82, 2.24) is 4.98 Å². The van der Waals surface area contributed by atoms with Gasteiger partial charge in [-0.15, -0.1) is 0 Å². The lowest BCUT2D eigenvalue weighted by Gasteiger charge is -2.17. The molecular weight excluding hydrogens is 665 g/mol. The van der Waals surface area contributed by atoms with Gasteiger partial charge in [-0.1, -0.05) is 188 Å². The van der Waals surface area contributed by atoms with Crippen LogP contribution in [0.3, 0.4) is 0 Å². The molecule has 1 aromatic heterocycles. The second kappa shape index (κ2) is 15.4. The monoisotopic (exact) mass is 702 g/mol. The summed E-state index contributed by atoms with van der Waals surface area (Å²) in [7, 11) is 0. The minimum atomic E-state index is 0.762. The first-order valence-electron chi connectivity index (χ1n) is 18.8. The van der Waals surface area contributed by atoms with E-state index in [1.54, 1.807) is 0 Å². The first-order chi connectivity index (χ1) is 27.3. The lowest BCUT2D eigenvalue weighted by atomic mass is 9.87. The normalized spacial score (nSPS) is 12.6. The van der Waals surface area contributed by atoms with E-state index in [1.165, 1.54) is 27.8 Å². The Hall–Kier alpha value is -7.16. The summed E-state index contributed by atoms with van der Waals surface area (Å²) in [6.45, 7) is 0. The van der Waals surface area contributed by atoms with Crippen LogP contribution >= 0.6 is 0 Å². The predicted molar refractivity (Wildman–Crippen MR) is 231 cm³/mol. The maximum Gasteiger partial charge on any atom is 0.0708 e. The van der Waals surface area contributed by atoms with Crippen LogP contribution in [0.15, 0.2) is 224 Å². The number of aliphatic imine (C=N–C) groups is 1. The molecule has 0 bridgehead atoms. The number of allylic oxidation sites excluding steroid dienone is 3. The Labute approximate surface area is 323 Å². The summed E-state index contributed by atoms with van der Waals surface area (Å²) in [5.74, 6) is 0. The van der Waals surface area contributed by atoms with E-state index in [2.05, 4.69) is 200 Å². The number of rotatable bonds is 8. The number of nitrogens with zero attached hydrogens (tertiary/aromatic N) is 2. The third kappa shape index (κ3) is 7.14. The van der Waals surface area contributed by atoms with E-state index in [0.717, 1.165) is 67.9 Å². The number of pyridine rings is 1. The van der Waals surface area contributed by atoms with Gasteiger partial charge < -0.3 is 0 Å². The fourth-order valence-electron chi connectivity index (χ4n) is 7.55. The molecular formula is C53H38N2. The van der Waals surface area contributed by atoms with Crippen molar-refractivity contribution in [3.05, 3.63) is 235 Å². The van der Waals surface area contributed by atoms with E-state index in [9.17, 15) is 0 Å². The van der Waals surface area contributed by atoms with Crippen molar-refractivity contribution in [2.45, 2.75) is 6.42 Å². The highest BCUT2D eigenvalue weighted by atomic mass is 14.7. The van der Waals surface area contributed by atoms with E-state index < -0.39 is 0 Å². The molecule has 0 fully saturated rings. The minimum absolute atomic E-state index is 0.762. The average molecular weight is 703 g/mol. The van der Waals surface area contributed by atoms with Gasteiger partial charge in [-0.2, -0.15) is 0 Å². The lowest BCUT2D eigenvalue weighted by molar-refractivity contribution is 1.32. The van der Waals surface area contributed by atoms with E-state index in [4.69, 9.17) is 9.98 Å². The number of aromatic nitrogens is 1. The number of hydrogen-bond acceptors (Lipinski definition) is 2. The fourth-order valence-corrected chi connectivity index (χ4v) is 7.55. The van der Waals surface area contributed by atoms with Crippen LogP contribution in [0, 0.1) is 0 Å². The molecule has 2 heterocycles. The number of benzene rings is 7. The second-order valence-electron chi connectivity index (χ2n) is 13.8. The van der Waals surface area contributed by atoms with Crippen LogP contribution in [0.2, 0.25) is 0 Å². The van der Waals surface area contributed by atoms with Gasteiger partial charge in [-0.3, -0.25) is 9.98 Å². The SMILES string of the molecule is C1=C(c2ccccc2)CC(c2ccccc2-c2cccc(-c3ccccc3-c3cnc(-c4ccccc4)cc3-c3ccccc3)c2)=CN=C1c1ccccc1. The quantitative estimate of drug-likeness (QED) is 0.155. The van der Waals surface area contributed by atoms with E-state index in [1.807, 2.05) is 18.3 Å². The molecule has 1 aliphatic rings. The van der Waals surface area contributed by atoms with Crippen LogP contribution in [0.1, 0.15) is 23.1 Å². The van der Waals surface area contributed by atoms with Crippen molar-refractivity contribution < 1.29 is 0 Å². The summed E-state index contributed by atoms with van der Waals surface area (Å²) in [4.78, 5) is 10.1. The van der Waals surface area contributed by atoms with Crippen LogP contribution in [0.5, 0.6) is 0 Å². The van der Waals surface area contributed by atoms with Gasteiger partial charge in [0.2, 0.25) is 0 Å². The molecule has 7 aromatic carbocycles. The van der Waals surface area contributed by atoms with Crippen LogP contribution in [0.4, 0.5) is 0 Å². The van der Waals surface area contributed by atoms with Gasteiger partial charge in [0.15, 0.2) is 0 Å². The summed E-state index contributed by atoms with van der Waals surface area (Å²) >= 11 is 0. The summed E-state index contributed by atoms with van der Waals surface area (Å²) < 4.78 is 0. The Balaban J connectivity index is 1.14. The van der Waals surface area contributed by atoms with E-state index in [0.29, 0.717) is 0 Å². The molecule has 0 atom stereocenters. The molecule has 0 radical (unpaired) electrons. The van der Waals surface area contributed by atoms with Crippen molar-refractivity contribution >= 4 is 16.9 Å². The molecule has 260 valence electrons. The minimum Gasteiger partial charge on any atom is -0.256 e. The van der Waals surface area contributed by atoms with Gasteiger partial charge in [-0.25, -0.2) is 0 Å². The molecule has 9 rings (SSSR count). The summed E-state index contributed by atoms with van der Waals surface area (Å²) in [5, 5.41) is 0. The third-order valence-corrected chi connectivity index (χ3v) is 10.3. The van der Waals surface area contributed by atoms with Crippen molar-refractivity contribution in [3.8, 4) is 55.8 Å². The zero-order valence-electron chi connectivity index (χ0n) is 30.4. The molecule has 0 saturated carbocycles. The zero-order valence-corrected chi connectivity index (χ0v) is 30.4. The van der Waals surface area contributed by atoms with Gasteiger partial charge in [0.25, 0.3) is 0 Å². The summed E-state index contributed by atoms with van der Waals surface area (Å²) in [6.07, 6.45) is 7.13. The Bertz CT molecular complexity index is 2690. The molecule has 0 amide bonds. The largest absolute Gasteiger partial charge is 0.256 e. The molecule has 0 saturated heterocycles. The van der Waals surface area contributed by atoms with Gasteiger partial charge in [-0.05, 0) is 79.4 Å². The maximum absolute atomic E-state index is 5.10. The molecule has 8 aromatic rings. The van der Waals surface area contributed by atoms with Crippen LogP contribution in [0.25, 0.3) is 66.9 Å². The van der Waals surface area contributed by atoms with Gasteiger partial charge in [0.1, 0.15) is 0 Å². The average Bonchev–Trinajstić information content (AvgIpc) is 3.51. The van der Waals surface area contributed by atoms with Crippen LogP contribution < -0.4 is 0 Å². The fraction of sp³-hybridized carbons (Fsp3) is 0.0189.